The molecule has 2 heterocycles. The molecule has 0 bridgehead atoms. The topological polar surface area (TPSA) is 85.4 Å². The second kappa shape index (κ2) is 8.20. The van der Waals surface area contributed by atoms with Crippen LogP contribution in [-0.4, -0.2) is 27.8 Å². The molecule has 2 aromatic rings. The van der Waals surface area contributed by atoms with Gasteiger partial charge in [-0.25, -0.2) is 0 Å². The SMILES string of the molecule is CCCC(=O)N1CCc2c(cn(CCc3ccccc3)c(=O)c2C(N)=O)C1. The zero-order valence-corrected chi connectivity index (χ0v) is 15.6. The molecule has 2 N–H and O–H groups in total. The van der Waals surface area contributed by atoms with Gasteiger partial charge in [0.15, 0.2) is 0 Å². The molecule has 1 aromatic heterocycles. The highest BCUT2D eigenvalue weighted by Gasteiger charge is 2.26. The molecule has 142 valence electrons. The fraction of sp³-hybridized carbons (Fsp3) is 0.381. The molecule has 1 aliphatic heterocycles. The number of primary amides is 1. The number of carbonyl (C=O) groups excluding carboxylic acids is 2. The fourth-order valence-corrected chi connectivity index (χ4v) is 3.61. The highest BCUT2D eigenvalue weighted by atomic mass is 16.2. The standard InChI is InChI=1S/C21H25N3O3/c1-2-6-18(25)23-12-10-17-16(13-23)14-24(21(27)19(17)20(22)26)11-9-15-7-4-3-5-8-15/h3-5,7-8,14H,2,6,9-13H2,1H3,(H2,22,26). The number of hydrogen-bond acceptors (Lipinski definition) is 3. The van der Waals surface area contributed by atoms with Crippen molar-refractivity contribution in [2.75, 3.05) is 6.54 Å². The summed E-state index contributed by atoms with van der Waals surface area (Å²) in [5.74, 6) is -0.593. The van der Waals surface area contributed by atoms with Crippen molar-refractivity contribution >= 4 is 11.8 Å². The van der Waals surface area contributed by atoms with E-state index in [-0.39, 0.29) is 17.0 Å². The van der Waals surface area contributed by atoms with Crippen molar-refractivity contribution in [3.63, 3.8) is 0 Å². The van der Waals surface area contributed by atoms with Gasteiger partial charge in [-0.05, 0) is 36.0 Å². The first-order valence-electron chi connectivity index (χ1n) is 9.38. The summed E-state index contributed by atoms with van der Waals surface area (Å²) in [5, 5.41) is 0. The molecule has 0 saturated heterocycles. The Morgan fingerprint density at radius 2 is 1.93 bits per heavy atom. The van der Waals surface area contributed by atoms with E-state index in [4.69, 9.17) is 5.73 Å². The second-order valence-electron chi connectivity index (χ2n) is 6.92. The molecule has 0 radical (unpaired) electrons. The fourth-order valence-electron chi connectivity index (χ4n) is 3.61. The van der Waals surface area contributed by atoms with Gasteiger partial charge in [-0.15, -0.1) is 0 Å². The molecule has 6 heteroatoms. The molecule has 0 atom stereocenters. The van der Waals surface area contributed by atoms with E-state index >= 15 is 0 Å². The normalized spacial score (nSPS) is 13.3. The van der Waals surface area contributed by atoms with E-state index in [1.807, 2.05) is 37.3 Å². The van der Waals surface area contributed by atoms with Crippen LogP contribution in [0.4, 0.5) is 0 Å². The molecule has 27 heavy (non-hydrogen) atoms. The predicted molar refractivity (Wildman–Crippen MR) is 103 cm³/mol. The van der Waals surface area contributed by atoms with E-state index in [0.29, 0.717) is 44.5 Å². The molecule has 0 unspecified atom stereocenters. The Hall–Kier alpha value is -2.89. The van der Waals surface area contributed by atoms with E-state index in [0.717, 1.165) is 17.5 Å². The van der Waals surface area contributed by atoms with Gasteiger partial charge in [-0.2, -0.15) is 0 Å². The van der Waals surface area contributed by atoms with Crippen LogP contribution in [0.25, 0.3) is 0 Å². The quantitative estimate of drug-likeness (QED) is 0.846. The van der Waals surface area contributed by atoms with Gasteiger partial charge in [-0.1, -0.05) is 37.3 Å². The predicted octanol–water partition coefficient (Wildman–Crippen LogP) is 1.87. The van der Waals surface area contributed by atoms with Crippen molar-refractivity contribution in [2.24, 2.45) is 5.73 Å². The summed E-state index contributed by atoms with van der Waals surface area (Å²) in [6.45, 7) is 3.36. The number of nitrogens with two attached hydrogens (primary N) is 1. The highest BCUT2D eigenvalue weighted by Crippen LogP contribution is 2.21. The van der Waals surface area contributed by atoms with Gasteiger partial charge in [0.1, 0.15) is 5.56 Å². The summed E-state index contributed by atoms with van der Waals surface area (Å²) < 4.78 is 1.56. The number of aromatic nitrogens is 1. The minimum atomic E-state index is -0.696. The summed E-state index contributed by atoms with van der Waals surface area (Å²) in [6, 6.07) is 9.86. The van der Waals surface area contributed by atoms with E-state index in [2.05, 4.69) is 0 Å². The Morgan fingerprint density at radius 1 is 1.19 bits per heavy atom. The van der Waals surface area contributed by atoms with E-state index in [9.17, 15) is 14.4 Å². The third-order valence-electron chi connectivity index (χ3n) is 5.02. The Kier molecular flexibility index (Phi) is 5.74. The number of benzene rings is 1. The van der Waals surface area contributed by atoms with Crippen LogP contribution in [0.15, 0.2) is 41.3 Å². The maximum Gasteiger partial charge on any atom is 0.263 e. The van der Waals surface area contributed by atoms with Crippen molar-refractivity contribution in [2.45, 2.75) is 45.7 Å². The van der Waals surface area contributed by atoms with Crippen LogP contribution >= 0.6 is 0 Å². The number of amides is 2. The van der Waals surface area contributed by atoms with Gasteiger partial charge in [0.2, 0.25) is 5.91 Å². The van der Waals surface area contributed by atoms with Gasteiger partial charge < -0.3 is 15.2 Å². The number of nitrogens with zero attached hydrogens (tertiary/aromatic N) is 2. The van der Waals surface area contributed by atoms with Crippen LogP contribution in [0.1, 0.15) is 46.8 Å². The third-order valence-corrected chi connectivity index (χ3v) is 5.02. The number of carbonyl (C=O) groups is 2. The average molecular weight is 367 g/mol. The largest absolute Gasteiger partial charge is 0.365 e. The molecule has 0 spiro atoms. The van der Waals surface area contributed by atoms with Gasteiger partial charge in [0.05, 0.1) is 0 Å². The van der Waals surface area contributed by atoms with E-state index < -0.39 is 5.91 Å². The summed E-state index contributed by atoms with van der Waals surface area (Å²) in [6.07, 6.45) is 4.25. The van der Waals surface area contributed by atoms with Gasteiger partial charge in [-0.3, -0.25) is 14.4 Å². The van der Waals surface area contributed by atoms with Crippen LogP contribution in [0.5, 0.6) is 0 Å². The molecule has 6 nitrogen and oxygen atoms in total. The minimum Gasteiger partial charge on any atom is -0.365 e. The summed E-state index contributed by atoms with van der Waals surface area (Å²) in [5.41, 5.74) is 7.91. The summed E-state index contributed by atoms with van der Waals surface area (Å²) in [7, 11) is 0. The summed E-state index contributed by atoms with van der Waals surface area (Å²) >= 11 is 0. The van der Waals surface area contributed by atoms with Crippen LogP contribution in [-0.2, 0) is 30.7 Å². The van der Waals surface area contributed by atoms with E-state index in [1.54, 1.807) is 15.7 Å². The smallest absolute Gasteiger partial charge is 0.263 e. The van der Waals surface area contributed by atoms with Crippen molar-refractivity contribution in [1.82, 2.24) is 9.47 Å². The van der Waals surface area contributed by atoms with Gasteiger partial charge in [0.25, 0.3) is 11.5 Å². The number of rotatable bonds is 6. The van der Waals surface area contributed by atoms with Crippen LogP contribution in [0.2, 0.25) is 0 Å². The molecule has 0 aliphatic carbocycles. The molecular formula is C21H25N3O3. The number of pyridine rings is 1. The lowest BCUT2D eigenvalue weighted by Crippen LogP contribution is -2.40. The Morgan fingerprint density at radius 3 is 2.59 bits per heavy atom. The average Bonchev–Trinajstić information content (AvgIpc) is 2.66. The lowest BCUT2D eigenvalue weighted by Gasteiger charge is -2.30. The summed E-state index contributed by atoms with van der Waals surface area (Å²) in [4.78, 5) is 38.8. The zero-order valence-electron chi connectivity index (χ0n) is 15.6. The first kappa shape index (κ1) is 18.9. The number of aryl methyl sites for hydroxylation is 2. The van der Waals surface area contributed by atoms with Crippen LogP contribution in [0, 0.1) is 0 Å². The lowest BCUT2D eigenvalue weighted by atomic mass is 9.95. The molecular weight excluding hydrogens is 342 g/mol. The Bertz CT molecular complexity index is 903. The van der Waals surface area contributed by atoms with Crippen LogP contribution in [0.3, 0.4) is 0 Å². The molecule has 0 saturated carbocycles. The zero-order chi connectivity index (χ0) is 19.4. The minimum absolute atomic E-state index is 0.0724. The second-order valence-corrected chi connectivity index (χ2v) is 6.92. The monoisotopic (exact) mass is 367 g/mol. The van der Waals surface area contributed by atoms with Gasteiger partial charge >= 0.3 is 0 Å². The maximum absolute atomic E-state index is 12.8. The third kappa shape index (κ3) is 4.10. The van der Waals surface area contributed by atoms with Gasteiger partial charge in [0, 0.05) is 32.3 Å². The molecule has 1 aromatic carbocycles. The molecule has 2 amide bonds. The van der Waals surface area contributed by atoms with Crippen LogP contribution < -0.4 is 11.3 Å². The lowest BCUT2D eigenvalue weighted by molar-refractivity contribution is -0.132. The molecule has 3 rings (SSSR count). The van der Waals surface area contributed by atoms with Crippen molar-refractivity contribution in [3.05, 3.63) is 69.1 Å². The Labute approximate surface area is 158 Å². The first-order valence-corrected chi connectivity index (χ1v) is 9.38. The molecule has 1 aliphatic rings. The molecule has 0 fully saturated rings. The van der Waals surface area contributed by atoms with Crippen molar-refractivity contribution in [1.29, 1.82) is 0 Å². The Balaban J connectivity index is 1.92. The number of hydrogen-bond donors (Lipinski definition) is 1. The highest BCUT2D eigenvalue weighted by molar-refractivity contribution is 5.94. The maximum atomic E-state index is 12.8. The van der Waals surface area contributed by atoms with Crippen molar-refractivity contribution < 1.29 is 9.59 Å². The first-order chi connectivity index (χ1) is 13.0. The van der Waals surface area contributed by atoms with E-state index in [1.165, 1.54) is 0 Å². The number of fused-ring (bicyclic) bond motifs is 1. The van der Waals surface area contributed by atoms with Crippen molar-refractivity contribution in [3.8, 4) is 0 Å².